The summed E-state index contributed by atoms with van der Waals surface area (Å²) in [5, 5.41) is 5.28. The molecule has 122 valence electrons. The number of pyridine rings is 1. The topological polar surface area (TPSA) is 64.1 Å². The zero-order valence-corrected chi connectivity index (χ0v) is 14.6. The van der Waals surface area contributed by atoms with Crippen LogP contribution in [-0.4, -0.2) is 28.7 Å². The van der Waals surface area contributed by atoms with Crippen LogP contribution < -0.4 is 10.1 Å². The Morgan fingerprint density at radius 1 is 1.21 bits per heavy atom. The van der Waals surface area contributed by atoms with E-state index in [0.29, 0.717) is 10.9 Å². The van der Waals surface area contributed by atoms with E-state index in [1.54, 1.807) is 13.3 Å². The van der Waals surface area contributed by atoms with E-state index in [-0.39, 0.29) is 5.91 Å². The molecule has 0 bridgehead atoms. The minimum atomic E-state index is -0.0854. The van der Waals surface area contributed by atoms with Gasteiger partial charge in [-0.1, -0.05) is 6.07 Å². The first-order valence-electron chi connectivity index (χ1n) is 7.18. The molecule has 0 spiro atoms. The van der Waals surface area contributed by atoms with Gasteiger partial charge in [-0.2, -0.15) is 0 Å². The molecule has 0 aliphatic heterocycles. The molecule has 3 aromatic rings. The molecule has 1 aromatic carbocycles. The number of thiazole rings is 1. The van der Waals surface area contributed by atoms with Gasteiger partial charge < -0.3 is 10.1 Å². The van der Waals surface area contributed by atoms with E-state index in [9.17, 15) is 4.79 Å². The predicted octanol–water partition coefficient (Wildman–Crippen LogP) is 3.94. The molecule has 0 aliphatic rings. The van der Waals surface area contributed by atoms with Crippen LogP contribution in [0.3, 0.4) is 0 Å². The first kappa shape index (κ1) is 16.5. The van der Waals surface area contributed by atoms with Crippen molar-refractivity contribution in [1.29, 1.82) is 0 Å². The Kier molecular flexibility index (Phi) is 5.45. The molecule has 24 heavy (non-hydrogen) atoms. The van der Waals surface area contributed by atoms with Crippen molar-refractivity contribution in [2.45, 2.75) is 4.90 Å². The zero-order chi connectivity index (χ0) is 16.8. The minimum Gasteiger partial charge on any atom is -0.497 e. The van der Waals surface area contributed by atoms with Crippen molar-refractivity contribution < 1.29 is 9.53 Å². The summed E-state index contributed by atoms with van der Waals surface area (Å²) in [7, 11) is 1.63. The van der Waals surface area contributed by atoms with Crippen LogP contribution in [0.4, 0.5) is 5.13 Å². The molecule has 2 heterocycles. The van der Waals surface area contributed by atoms with Crippen molar-refractivity contribution in [1.82, 2.24) is 9.97 Å². The molecule has 3 rings (SSSR count). The quantitative estimate of drug-likeness (QED) is 0.677. The SMILES string of the molecule is COc1ccc(SCC(=O)Nc2nc(-c3ccccn3)cs2)cc1. The molecule has 0 saturated carbocycles. The highest BCUT2D eigenvalue weighted by atomic mass is 32.2. The number of nitrogens with zero attached hydrogens (tertiary/aromatic N) is 2. The van der Waals surface area contributed by atoms with Gasteiger partial charge in [-0.3, -0.25) is 9.78 Å². The standard InChI is InChI=1S/C17H15N3O2S2/c1-22-12-5-7-13(8-6-12)23-11-16(21)20-17-19-15(10-24-17)14-4-2-3-9-18-14/h2-10H,11H2,1H3,(H,19,20,21). The van der Waals surface area contributed by atoms with E-state index in [1.165, 1.54) is 23.1 Å². The smallest absolute Gasteiger partial charge is 0.236 e. The number of hydrogen-bond acceptors (Lipinski definition) is 6. The Morgan fingerprint density at radius 2 is 2.04 bits per heavy atom. The molecule has 0 saturated heterocycles. The van der Waals surface area contributed by atoms with Gasteiger partial charge in [0.2, 0.25) is 5.91 Å². The summed E-state index contributed by atoms with van der Waals surface area (Å²) in [6.07, 6.45) is 1.72. The van der Waals surface area contributed by atoms with Crippen molar-refractivity contribution in [2.24, 2.45) is 0 Å². The fraction of sp³-hybridized carbons (Fsp3) is 0.118. The Balaban J connectivity index is 1.54. The number of thioether (sulfide) groups is 1. The highest BCUT2D eigenvalue weighted by Crippen LogP contribution is 2.24. The maximum atomic E-state index is 12.0. The zero-order valence-electron chi connectivity index (χ0n) is 12.9. The molecule has 7 heteroatoms. The van der Waals surface area contributed by atoms with Crippen molar-refractivity contribution >= 4 is 34.1 Å². The van der Waals surface area contributed by atoms with Crippen LogP contribution in [0.1, 0.15) is 0 Å². The van der Waals surface area contributed by atoms with E-state index in [4.69, 9.17) is 4.74 Å². The number of benzene rings is 1. The summed E-state index contributed by atoms with van der Waals surface area (Å²) in [6.45, 7) is 0. The van der Waals surface area contributed by atoms with Crippen LogP contribution in [0.15, 0.2) is 58.9 Å². The minimum absolute atomic E-state index is 0.0854. The third kappa shape index (κ3) is 4.33. The van der Waals surface area contributed by atoms with Gasteiger partial charge in [0, 0.05) is 16.5 Å². The predicted molar refractivity (Wildman–Crippen MR) is 97.7 cm³/mol. The lowest BCUT2D eigenvalue weighted by Crippen LogP contribution is -2.13. The number of rotatable bonds is 6. The van der Waals surface area contributed by atoms with Crippen molar-refractivity contribution in [2.75, 3.05) is 18.2 Å². The number of aromatic nitrogens is 2. The summed E-state index contributed by atoms with van der Waals surface area (Å²) in [5.74, 6) is 1.04. The van der Waals surface area contributed by atoms with Crippen LogP contribution in [0, 0.1) is 0 Å². The van der Waals surface area contributed by atoms with Gasteiger partial charge in [0.1, 0.15) is 11.4 Å². The van der Waals surface area contributed by atoms with Crippen LogP contribution in [0.25, 0.3) is 11.4 Å². The van der Waals surface area contributed by atoms with Gasteiger partial charge in [0.05, 0.1) is 18.6 Å². The normalized spacial score (nSPS) is 10.4. The molecular formula is C17H15N3O2S2. The molecule has 2 aromatic heterocycles. The summed E-state index contributed by atoms with van der Waals surface area (Å²) in [4.78, 5) is 21.7. The van der Waals surface area contributed by atoms with E-state index >= 15 is 0 Å². The van der Waals surface area contributed by atoms with Crippen LogP contribution in [-0.2, 0) is 4.79 Å². The number of carbonyl (C=O) groups excluding carboxylic acids is 1. The molecule has 0 fully saturated rings. The number of amides is 1. The highest BCUT2D eigenvalue weighted by Gasteiger charge is 2.09. The van der Waals surface area contributed by atoms with Crippen molar-refractivity contribution in [3.63, 3.8) is 0 Å². The highest BCUT2D eigenvalue weighted by molar-refractivity contribution is 8.00. The Bertz CT molecular complexity index is 804. The molecular weight excluding hydrogens is 342 g/mol. The van der Waals surface area contributed by atoms with Gasteiger partial charge >= 0.3 is 0 Å². The maximum Gasteiger partial charge on any atom is 0.236 e. The molecule has 0 unspecified atom stereocenters. The molecule has 1 N–H and O–H groups in total. The monoisotopic (exact) mass is 357 g/mol. The molecule has 0 atom stereocenters. The number of nitrogens with one attached hydrogen (secondary N) is 1. The summed E-state index contributed by atoms with van der Waals surface area (Å²) in [6, 6.07) is 13.3. The summed E-state index contributed by atoms with van der Waals surface area (Å²) < 4.78 is 5.11. The molecule has 1 amide bonds. The molecule has 0 radical (unpaired) electrons. The summed E-state index contributed by atoms with van der Waals surface area (Å²) >= 11 is 2.86. The van der Waals surface area contributed by atoms with Crippen molar-refractivity contribution in [3.8, 4) is 17.1 Å². The second-order valence-electron chi connectivity index (χ2n) is 4.77. The second-order valence-corrected chi connectivity index (χ2v) is 6.67. The van der Waals surface area contributed by atoms with Gasteiger partial charge in [-0.15, -0.1) is 23.1 Å². The van der Waals surface area contributed by atoms with Gasteiger partial charge in [0.15, 0.2) is 5.13 Å². The Hall–Kier alpha value is -2.38. The number of anilines is 1. The van der Waals surface area contributed by atoms with Gasteiger partial charge in [0.25, 0.3) is 0 Å². The van der Waals surface area contributed by atoms with E-state index < -0.39 is 0 Å². The maximum absolute atomic E-state index is 12.0. The molecule has 0 aliphatic carbocycles. The first-order valence-corrected chi connectivity index (χ1v) is 9.05. The fourth-order valence-electron chi connectivity index (χ4n) is 1.94. The van der Waals surface area contributed by atoms with E-state index in [1.807, 2.05) is 47.8 Å². The third-order valence-electron chi connectivity index (χ3n) is 3.11. The second kappa shape index (κ2) is 7.94. The Labute approximate surface area is 148 Å². The van der Waals surface area contributed by atoms with Crippen LogP contribution >= 0.6 is 23.1 Å². The van der Waals surface area contributed by atoms with E-state index in [0.717, 1.165) is 22.0 Å². The lowest BCUT2D eigenvalue weighted by molar-refractivity contribution is -0.113. The number of methoxy groups -OCH3 is 1. The van der Waals surface area contributed by atoms with Gasteiger partial charge in [-0.25, -0.2) is 4.98 Å². The fourth-order valence-corrected chi connectivity index (χ4v) is 3.36. The van der Waals surface area contributed by atoms with E-state index in [2.05, 4.69) is 15.3 Å². The molecule has 5 nitrogen and oxygen atoms in total. The lowest BCUT2D eigenvalue weighted by Gasteiger charge is -2.03. The Morgan fingerprint density at radius 3 is 2.75 bits per heavy atom. The summed E-state index contributed by atoms with van der Waals surface area (Å²) in [5.41, 5.74) is 1.56. The number of carbonyl (C=O) groups is 1. The van der Waals surface area contributed by atoms with Crippen LogP contribution in [0.5, 0.6) is 5.75 Å². The number of hydrogen-bond donors (Lipinski definition) is 1. The first-order chi connectivity index (χ1) is 11.7. The number of ether oxygens (including phenoxy) is 1. The third-order valence-corrected chi connectivity index (χ3v) is 4.88. The average molecular weight is 357 g/mol. The largest absolute Gasteiger partial charge is 0.497 e. The van der Waals surface area contributed by atoms with Crippen LogP contribution in [0.2, 0.25) is 0 Å². The average Bonchev–Trinajstić information content (AvgIpc) is 3.09. The van der Waals surface area contributed by atoms with Crippen molar-refractivity contribution in [3.05, 3.63) is 54.0 Å². The van der Waals surface area contributed by atoms with Gasteiger partial charge in [-0.05, 0) is 36.4 Å². The lowest BCUT2D eigenvalue weighted by atomic mass is 10.3.